The van der Waals surface area contributed by atoms with Gasteiger partial charge >= 0.3 is 37.7 Å². The zero-order valence-electron chi connectivity index (χ0n) is 7.38. The summed E-state index contributed by atoms with van der Waals surface area (Å²) < 4.78 is 0. The Kier molecular flexibility index (Phi) is 11.7. The van der Waals surface area contributed by atoms with E-state index in [0.717, 1.165) is 6.16 Å². The largest absolute Gasteiger partial charge is 1.00 e. The van der Waals surface area contributed by atoms with Crippen LogP contribution in [0.4, 0.5) is 0 Å². The Balaban J connectivity index is 0. The summed E-state index contributed by atoms with van der Waals surface area (Å²) in [7, 11) is 2.73. The molecular weight excluding hydrogens is 141 g/mol. The van der Waals surface area contributed by atoms with Gasteiger partial charge in [0.05, 0.1) is 0 Å². The molecular formula is C8H11Li2P+2. The molecule has 0 bridgehead atoms. The first-order valence-electron chi connectivity index (χ1n) is 3.17. The molecule has 0 aliphatic heterocycles. The first kappa shape index (κ1) is 14.4. The van der Waals surface area contributed by atoms with Gasteiger partial charge in [0, 0.05) is 0 Å². The predicted molar refractivity (Wildman–Crippen MR) is 44.7 cm³/mol. The fourth-order valence-electron chi connectivity index (χ4n) is 0.811. The third kappa shape index (κ3) is 6.05. The molecule has 0 nitrogen and oxygen atoms in total. The van der Waals surface area contributed by atoms with Gasteiger partial charge in [-0.05, 0) is 18.1 Å². The van der Waals surface area contributed by atoms with Crippen molar-refractivity contribution in [2.24, 2.45) is 0 Å². The summed E-state index contributed by atoms with van der Waals surface area (Å²) in [6, 6.07) is 10.5. The molecule has 1 aromatic rings. The van der Waals surface area contributed by atoms with Crippen molar-refractivity contribution in [1.82, 2.24) is 0 Å². The van der Waals surface area contributed by atoms with E-state index in [2.05, 4.69) is 33.5 Å². The van der Waals surface area contributed by atoms with Crippen molar-refractivity contribution in [3.8, 4) is 0 Å². The standard InChI is InChI=1S/C8H11P.2Li/c9-7-6-8-4-2-1-3-5-8;;/h1-5H,6-7,9H2;;/q;2*+1. The SMILES string of the molecule is PCCc1ccccc1.[Li+].[Li+]. The van der Waals surface area contributed by atoms with E-state index in [-0.39, 0.29) is 37.7 Å². The summed E-state index contributed by atoms with van der Waals surface area (Å²) in [4.78, 5) is 0. The zero-order chi connectivity index (χ0) is 6.53. The Labute approximate surface area is 95.1 Å². The molecule has 1 rings (SSSR count). The quantitative estimate of drug-likeness (QED) is 0.300. The minimum absolute atomic E-state index is 0. The Morgan fingerprint density at radius 2 is 1.55 bits per heavy atom. The smallest absolute Gasteiger partial charge is 0.137 e. The van der Waals surface area contributed by atoms with Crippen molar-refractivity contribution in [2.75, 3.05) is 6.16 Å². The monoisotopic (exact) mass is 152 g/mol. The molecule has 0 fully saturated rings. The Morgan fingerprint density at radius 3 is 2.00 bits per heavy atom. The van der Waals surface area contributed by atoms with E-state index in [0.29, 0.717) is 0 Å². The van der Waals surface area contributed by atoms with E-state index in [1.165, 1.54) is 12.0 Å². The fraction of sp³-hybridized carbons (Fsp3) is 0.250. The van der Waals surface area contributed by atoms with Gasteiger partial charge in [-0.15, -0.1) is 9.24 Å². The first-order chi connectivity index (χ1) is 4.43. The molecule has 0 saturated heterocycles. The molecule has 0 radical (unpaired) electrons. The van der Waals surface area contributed by atoms with Crippen LogP contribution in [0.1, 0.15) is 5.56 Å². The Hall–Kier alpha value is 0.845. The first-order valence-corrected chi connectivity index (χ1v) is 3.99. The second-order valence-corrected chi connectivity index (χ2v) is 2.60. The summed E-state index contributed by atoms with van der Waals surface area (Å²) in [6.45, 7) is 0. The van der Waals surface area contributed by atoms with Gasteiger partial charge in [0.1, 0.15) is 0 Å². The van der Waals surface area contributed by atoms with Crippen molar-refractivity contribution < 1.29 is 37.7 Å². The third-order valence-electron chi connectivity index (χ3n) is 1.28. The number of aryl methyl sites for hydroxylation is 1. The molecule has 0 N–H and O–H groups in total. The van der Waals surface area contributed by atoms with Crippen molar-refractivity contribution >= 4 is 9.24 Å². The van der Waals surface area contributed by atoms with Crippen LogP contribution in [0, 0.1) is 0 Å². The molecule has 11 heavy (non-hydrogen) atoms. The van der Waals surface area contributed by atoms with Crippen LogP contribution in [0.25, 0.3) is 0 Å². The summed E-state index contributed by atoms with van der Waals surface area (Å²) >= 11 is 0. The van der Waals surface area contributed by atoms with E-state index in [9.17, 15) is 0 Å². The molecule has 0 amide bonds. The van der Waals surface area contributed by atoms with E-state index >= 15 is 0 Å². The van der Waals surface area contributed by atoms with Gasteiger partial charge in [-0.25, -0.2) is 0 Å². The van der Waals surface area contributed by atoms with Gasteiger partial charge in [-0.3, -0.25) is 0 Å². The molecule has 3 heteroatoms. The maximum atomic E-state index is 2.73. The van der Waals surface area contributed by atoms with Gasteiger partial charge in [-0.2, -0.15) is 0 Å². The average molecular weight is 152 g/mol. The maximum Gasteiger partial charge on any atom is 1.00 e. The zero-order valence-corrected chi connectivity index (χ0v) is 8.53. The number of hydrogen-bond acceptors (Lipinski definition) is 0. The van der Waals surface area contributed by atoms with Gasteiger partial charge in [0.2, 0.25) is 0 Å². The van der Waals surface area contributed by atoms with Crippen LogP contribution in [0.2, 0.25) is 0 Å². The number of rotatable bonds is 2. The van der Waals surface area contributed by atoms with Crippen molar-refractivity contribution in [3.05, 3.63) is 35.9 Å². The van der Waals surface area contributed by atoms with Gasteiger partial charge in [0.25, 0.3) is 0 Å². The van der Waals surface area contributed by atoms with Crippen LogP contribution in [-0.2, 0) is 6.42 Å². The number of benzene rings is 1. The van der Waals surface area contributed by atoms with E-state index < -0.39 is 0 Å². The predicted octanol–water partition coefficient (Wildman–Crippen LogP) is -3.89. The molecule has 1 aromatic carbocycles. The maximum absolute atomic E-state index is 2.73. The van der Waals surface area contributed by atoms with Crippen LogP contribution in [0.5, 0.6) is 0 Å². The molecule has 0 aliphatic rings. The van der Waals surface area contributed by atoms with Crippen LogP contribution in [0.15, 0.2) is 30.3 Å². The minimum Gasteiger partial charge on any atom is -0.137 e. The summed E-state index contributed by atoms with van der Waals surface area (Å²) in [5.74, 6) is 0. The Morgan fingerprint density at radius 1 is 1.00 bits per heavy atom. The summed E-state index contributed by atoms with van der Waals surface area (Å²) in [5.41, 5.74) is 1.42. The molecule has 1 atom stereocenters. The van der Waals surface area contributed by atoms with Gasteiger partial charge < -0.3 is 0 Å². The van der Waals surface area contributed by atoms with Gasteiger partial charge in [0.15, 0.2) is 0 Å². The molecule has 0 aromatic heterocycles. The molecule has 0 heterocycles. The Bertz CT molecular complexity index is 165. The van der Waals surface area contributed by atoms with E-state index in [1.54, 1.807) is 0 Å². The fourth-order valence-corrected chi connectivity index (χ4v) is 1.14. The molecule has 0 aliphatic carbocycles. The molecule has 48 valence electrons. The summed E-state index contributed by atoms with van der Waals surface area (Å²) in [6.07, 6.45) is 2.33. The van der Waals surface area contributed by atoms with Crippen molar-refractivity contribution in [3.63, 3.8) is 0 Å². The second kappa shape index (κ2) is 8.94. The average Bonchev–Trinajstić information content (AvgIpc) is 1.91. The topological polar surface area (TPSA) is 0 Å². The van der Waals surface area contributed by atoms with Crippen molar-refractivity contribution in [1.29, 1.82) is 0 Å². The van der Waals surface area contributed by atoms with E-state index in [4.69, 9.17) is 0 Å². The van der Waals surface area contributed by atoms with E-state index in [1.807, 2.05) is 6.07 Å². The third-order valence-corrected chi connectivity index (χ3v) is 1.56. The second-order valence-electron chi connectivity index (χ2n) is 2.02. The molecule has 0 spiro atoms. The van der Waals surface area contributed by atoms with Gasteiger partial charge in [-0.1, -0.05) is 30.3 Å². The minimum atomic E-state index is 0. The van der Waals surface area contributed by atoms with Crippen LogP contribution in [-0.4, -0.2) is 6.16 Å². The van der Waals surface area contributed by atoms with Crippen LogP contribution >= 0.6 is 9.24 Å². The summed E-state index contributed by atoms with van der Waals surface area (Å²) in [5, 5.41) is 0. The normalized spacial score (nSPS) is 7.73. The molecule has 1 unspecified atom stereocenters. The molecule has 0 saturated carbocycles. The number of hydrogen-bond donors (Lipinski definition) is 0. The van der Waals surface area contributed by atoms with Crippen molar-refractivity contribution in [2.45, 2.75) is 6.42 Å². The van der Waals surface area contributed by atoms with Crippen LogP contribution < -0.4 is 37.7 Å². The van der Waals surface area contributed by atoms with Crippen LogP contribution in [0.3, 0.4) is 0 Å².